The lowest BCUT2D eigenvalue weighted by atomic mass is 10.2. The predicted octanol–water partition coefficient (Wildman–Crippen LogP) is 2.06. The standard InChI is InChI=1S/C14H16ClNO4S/c1-9-2-3-10(15)12(6-9)20-7-13(17)16-4-5-21-8-11(16)14(18)19/h2-3,6,11H,4-5,7-8H2,1H3,(H,18,19). The highest BCUT2D eigenvalue weighted by molar-refractivity contribution is 7.99. The Balaban J connectivity index is 2.00. The smallest absolute Gasteiger partial charge is 0.327 e. The van der Waals surface area contributed by atoms with Gasteiger partial charge >= 0.3 is 5.97 Å². The van der Waals surface area contributed by atoms with Crippen LogP contribution in [0.15, 0.2) is 18.2 Å². The second-order valence-electron chi connectivity index (χ2n) is 4.74. The van der Waals surface area contributed by atoms with E-state index in [1.54, 1.807) is 12.1 Å². The van der Waals surface area contributed by atoms with E-state index < -0.39 is 12.0 Å². The predicted molar refractivity (Wildman–Crippen MR) is 82.1 cm³/mol. The summed E-state index contributed by atoms with van der Waals surface area (Å²) in [6, 6.07) is 4.51. The molecule has 0 aliphatic carbocycles. The number of carboxylic acid groups (broad SMARTS) is 1. The normalized spacial score (nSPS) is 18.4. The summed E-state index contributed by atoms with van der Waals surface area (Å²) in [6.07, 6.45) is 0. The number of carboxylic acids is 1. The van der Waals surface area contributed by atoms with Gasteiger partial charge in [-0.2, -0.15) is 11.8 Å². The summed E-state index contributed by atoms with van der Waals surface area (Å²) in [5, 5.41) is 9.58. The largest absolute Gasteiger partial charge is 0.482 e. The number of carbonyl (C=O) groups is 2. The molecule has 1 amide bonds. The number of thioether (sulfide) groups is 1. The lowest BCUT2D eigenvalue weighted by Crippen LogP contribution is -2.51. The molecule has 7 heteroatoms. The minimum absolute atomic E-state index is 0.211. The van der Waals surface area contributed by atoms with Gasteiger partial charge in [-0.05, 0) is 24.6 Å². The van der Waals surface area contributed by atoms with E-state index in [0.717, 1.165) is 11.3 Å². The van der Waals surface area contributed by atoms with E-state index in [4.69, 9.17) is 21.4 Å². The molecule has 0 aromatic heterocycles. The number of hydrogen-bond donors (Lipinski definition) is 1. The van der Waals surface area contributed by atoms with Crippen molar-refractivity contribution in [3.63, 3.8) is 0 Å². The maximum Gasteiger partial charge on any atom is 0.327 e. The number of aryl methyl sites for hydroxylation is 1. The van der Waals surface area contributed by atoms with E-state index in [0.29, 0.717) is 23.1 Å². The van der Waals surface area contributed by atoms with Crippen LogP contribution >= 0.6 is 23.4 Å². The molecule has 1 saturated heterocycles. The van der Waals surface area contributed by atoms with Gasteiger partial charge in [0.1, 0.15) is 11.8 Å². The first-order valence-corrected chi connectivity index (χ1v) is 8.01. The third-order valence-electron chi connectivity index (χ3n) is 3.17. The summed E-state index contributed by atoms with van der Waals surface area (Å²) in [5.74, 6) is 0.264. The Morgan fingerprint density at radius 1 is 1.52 bits per heavy atom. The molecule has 1 N–H and O–H groups in total. The van der Waals surface area contributed by atoms with Crippen molar-refractivity contribution < 1.29 is 19.4 Å². The van der Waals surface area contributed by atoms with Crippen LogP contribution in [0.3, 0.4) is 0 Å². The number of carbonyl (C=O) groups excluding carboxylic acids is 1. The minimum atomic E-state index is -0.982. The number of ether oxygens (including phenoxy) is 1. The van der Waals surface area contributed by atoms with Crippen LogP contribution in [0.1, 0.15) is 5.56 Å². The van der Waals surface area contributed by atoms with Crippen molar-refractivity contribution in [2.45, 2.75) is 13.0 Å². The van der Waals surface area contributed by atoms with Gasteiger partial charge in [0, 0.05) is 18.1 Å². The van der Waals surface area contributed by atoms with Crippen molar-refractivity contribution in [2.75, 3.05) is 24.7 Å². The zero-order chi connectivity index (χ0) is 15.4. The molecule has 1 aromatic rings. The quantitative estimate of drug-likeness (QED) is 0.915. The Morgan fingerprint density at radius 3 is 3.00 bits per heavy atom. The lowest BCUT2D eigenvalue weighted by molar-refractivity contribution is -0.150. The van der Waals surface area contributed by atoms with Crippen LogP contribution in [0.4, 0.5) is 0 Å². The van der Waals surface area contributed by atoms with Crippen LogP contribution in [0.5, 0.6) is 5.75 Å². The van der Waals surface area contributed by atoms with Crippen molar-refractivity contribution >= 4 is 35.2 Å². The van der Waals surface area contributed by atoms with Gasteiger partial charge in [0.05, 0.1) is 5.02 Å². The lowest BCUT2D eigenvalue weighted by Gasteiger charge is -2.32. The van der Waals surface area contributed by atoms with Gasteiger partial charge in [0.2, 0.25) is 0 Å². The topological polar surface area (TPSA) is 66.8 Å². The fourth-order valence-electron chi connectivity index (χ4n) is 2.05. The van der Waals surface area contributed by atoms with Crippen molar-refractivity contribution in [2.24, 2.45) is 0 Å². The average Bonchev–Trinajstić information content (AvgIpc) is 2.47. The maximum absolute atomic E-state index is 12.2. The van der Waals surface area contributed by atoms with Gasteiger partial charge in [0.25, 0.3) is 5.91 Å². The molecule has 114 valence electrons. The molecule has 0 saturated carbocycles. The molecule has 1 aliphatic rings. The van der Waals surface area contributed by atoms with E-state index in [9.17, 15) is 9.59 Å². The maximum atomic E-state index is 12.2. The summed E-state index contributed by atoms with van der Waals surface area (Å²) in [7, 11) is 0. The fraction of sp³-hybridized carbons (Fsp3) is 0.429. The molecule has 1 atom stereocenters. The van der Waals surface area contributed by atoms with Gasteiger partial charge in [-0.1, -0.05) is 17.7 Å². The van der Waals surface area contributed by atoms with Gasteiger partial charge in [0.15, 0.2) is 6.61 Å². The van der Waals surface area contributed by atoms with Crippen molar-refractivity contribution in [1.82, 2.24) is 4.90 Å². The summed E-state index contributed by atoms with van der Waals surface area (Å²) in [5.41, 5.74) is 0.972. The molecule has 1 heterocycles. The molecule has 1 aliphatic heterocycles. The van der Waals surface area contributed by atoms with Crippen molar-refractivity contribution in [3.05, 3.63) is 28.8 Å². The van der Waals surface area contributed by atoms with Gasteiger partial charge < -0.3 is 14.7 Å². The number of rotatable bonds is 4. The third kappa shape index (κ3) is 4.04. The molecule has 21 heavy (non-hydrogen) atoms. The summed E-state index contributed by atoms with van der Waals surface area (Å²) in [4.78, 5) is 24.7. The Bertz CT molecular complexity index is 552. The van der Waals surface area contributed by atoms with Crippen molar-refractivity contribution in [1.29, 1.82) is 0 Å². The Morgan fingerprint density at radius 2 is 2.29 bits per heavy atom. The van der Waals surface area contributed by atoms with Gasteiger partial charge in [-0.25, -0.2) is 4.79 Å². The molecule has 1 aromatic carbocycles. The van der Waals surface area contributed by atoms with Crippen LogP contribution in [-0.4, -0.2) is 52.6 Å². The summed E-state index contributed by atoms with van der Waals surface area (Å²) < 4.78 is 5.44. The molecule has 1 unspecified atom stereocenters. The zero-order valence-electron chi connectivity index (χ0n) is 11.5. The van der Waals surface area contributed by atoms with E-state index >= 15 is 0 Å². The highest BCUT2D eigenvalue weighted by Gasteiger charge is 2.32. The molecule has 0 radical (unpaired) electrons. The second-order valence-corrected chi connectivity index (χ2v) is 6.30. The van der Waals surface area contributed by atoms with Crippen LogP contribution in [0.2, 0.25) is 5.02 Å². The second kappa shape index (κ2) is 7.04. The molecule has 1 fully saturated rings. The van der Waals surface area contributed by atoms with Gasteiger partial charge in [-0.15, -0.1) is 0 Å². The van der Waals surface area contributed by atoms with Crippen LogP contribution in [0.25, 0.3) is 0 Å². The third-order valence-corrected chi connectivity index (χ3v) is 4.51. The molecule has 0 spiro atoms. The van der Waals surface area contributed by atoms with Gasteiger partial charge in [-0.3, -0.25) is 4.79 Å². The van der Waals surface area contributed by atoms with E-state index in [2.05, 4.69) is 0 Å². The van der Waals surface area contributed by atoms with Crippen molar-refractivity contribution in [3.8, 4) is 5.75 Å². The number of halogens is 1. The molecular weight excluding hydrogens is 314 g/mol. The molecule has 2 rings (SSSR count). The molecule has 5 nitrogen and oxygen atoms in total. The van der Waals surface area contributed by atoms with E-state index in [1.807, 2.05) is 13.0 Å². The van der Waals surface area contributed by atoms with Crippen LogP contribution in [-0.2, 0) is 9.59 Å². The summed E-state index contributed by atoms with van der Waals surface area (Å²) in [6.45, 7) is 2.11. The first-order chi connectivity index (χ1) is 9.99. The Labute approximate surface area is 132 Å². The monoisotopic (exact) mass is 329 g/mol. The number of amides is 1. The highest BCUT2D eigenvalue weighted by atomic mass is 35.5. The SMILES string of the molecule is Cc1ccc(Cl)c(OCC(=O)N2CCSCC2C(=O)O)c1. The first-order valence-electron chi connectivity index (χ1n) is 6.48. The fourth-order valence-corrected chi connectivity index (χ4v) is 3.26. The van der Waals surface area contributed by atoms with Crippen LogP contribution < -0.4 is 4.74 Å². The highest BCUT2D eigenvalue weighted by Crippen LogP contribution is 2.25. The average molecular weight is 330 g/mol. The Hall–Kier alpha value is -1.40. The number of nitrogens with zero attached hydrogens (tertiary/aromatic N) is 1. The van der Waals surface area contributed by atoms with E-state index in [-0.39, 0.29) is 12.5 Å². The molecule has 0 bridgehead atoms. The van der Waals surface area contributed by atoms with Crippen LogP contribution in [0, 0.1) is 6.92 Å². The number of benzene rings is 1. The van der Waals surface area contributed by atoms with E-state index in [1.165, 1.54) is 16.7 Å². The number of hydrogen-bond acceptors (Lipinski definition) is 4. The summed E-state index contributed by atoms with van der Waals surface area (Å²) >= 11 is 7.53. The zero-order valence-corrected chi connectivity index (χ0v) is 13.1. The minimum Gasteiger partial charge on any atom is -0.482 e. The molecular formula is C14H16ClNO4S. The number of aliphatic carboxylic acids is 1. The Kier molecular flexibility index (Phi) is 5.36. The first kappa shape index (κ1) is 16.0.